The average molecular weight is 382 g/mol. The minimum absolute atomic E-state index is 0.123. The summed E-state index contributed by atoms with van der Waals surface area (Å²) in [6.07, 6.45) is 4.31. The third-order valence-electron chi connectivity index (χ3n) is 4.67. The van der Waals surface area contributed by atoms with Gasteiger partial charge in [0.2, 0.25) is 0 Å². The highest BCUT2D eigenvalue weighted by atomic mass is 32.1. The Morgan fingerprint density at radius 3 is 2.67 bits per heavy atom. The van der Waals surface area contributed by atoms with E-state index in [2.05, 4.69) is 53.3 Å². The van der Waals surface area contributed by atoms with E-state index >= 15 is 0 Å². The number of nitrogens with one attached hydrogen (secondary N) is 2. The summed E-state index contributed by atoms with van der Waals surface area (Å²) in [5.74, 6) is 0.785. The van der Waals surface area contributed by atoms with Crippen molar-refractivity contribution in [1.29, 1.82) is 0 Å². The molecule has 142 valence electrons. The van der Waals surface area contributed by atoms with Crippen molar-refractivity contribution in [3.05, 3.63) is 66.7 Å². The summed E-state index contributed by atoms with van der Waals surface area (Å²) in [4.78, 5) is 2.44. The number of hydrogen-bond acceptors (Lipinski definition) is 3. The number of nitrogens with zero attached hydrogens (tertiary/aromatic N) is 1. The first kappa shape index (κ1) is 19.2. The summed E-state index contributed by atoms with van der Waals surface area (Å²) in [6.45, 7) is 8.58. The van der Waals surface area contributed by atoms with Crippen LogP contribution in [0.1, 0.15) is 31.4 Å². The van der Waals surface area contributed by atoms with E-state index in [0.29, 0.717) is 11.7 Å². The SMILES string of the molecule is C=CCOc1cccc(NC(=S)N[C@@H](C)c2ccc(N3CCCC3)cc2)c1. The van der Waals surface area contributed by atoms with Crippen molar-refractivity contribution < 1.29 is 4.74 Å². The molecule has 5 heteroatoms. The maximum Gasteiger partial charge on any atom is 0.171 e. The number of benzene rings is 2. The maximum absolute atomic E-state index is 5.56. The van der Waals surface area contributed by atoms with Gasteiger partial charge in [0.15, 0.2) is 5.11 Å². The second kappa shape index (κ2) is 9.42. The highest BCUT2D eigenvalue weighted by Gasteiger charge is 2.13. The molecule has 0 spiro atoms. The Morgan fingerprint density at radius 2 is 1.96 bits per heavy atom. The van der Waals surface area contributed by atoms with E-state index in [-0.39, 0.29) is 6.04 Å². The van der Waals surface area contributed by atoms with Gasteiger partial charge < -0.3 is 20.3 Å². The zero-order chi connectivity index (χ0) is 19.1. The van der Waals surface area contributed by atoms with Gasteiger partial charge in [-0.05, 0) is 61.8 Å². The van der Waals surface area contributed by atoms with Gasteiger partial charge in [0.05, 0.1) is 6.04 Å². The molecular weight excluding hydrogens is 354 g/mol. The lowest BCUT2D eigenvalue weighted by Gasteiger charge is -2.20. The Labute approximate surface area is 167 Å². The van der Waals surface area contributed by atoms with Crippen LogP contribution in [0.25, 0.3) is 0 Å². The Kier molecular flexibility index (Phi) is 6.71. The zero-order valence-electron chi connectivity index (χ0n) is 15.8. The van der Waals surface area contributed by atoms with Crippen LogP contribution >= 0.6 is 12.2 Å². The van der Waals surface area contributed by atoms with E-state index in [1.54, 1.807) is 6.08 Å². The predicted molar refractivity (Wildman–Crippen MR) is 118 cm³/mol. The summed E-state index contributed by atoms with van der Waals surface area (Å²) >= 11 is 5.47. The van der Waals surface area contributed by atoms with Crippen LogP contribution in [0.2, 0.25) is 0 Å². The van der Waals surface area contributed by atoms with Crippen molar-refractivity contribution in [3.63, 3.8) is 0 Å². The Balaban J connectivity index is 1.54. The highest BCUT2D eigenvalue weighted by Crippen LogP contribution is 2.23. The van der Waals surface area contributed by atoms with E-state index < -0.39 is 0 Å². The van der Waals surface area contributed by atoms with Gasteiger partial charge in [-0.15, -0.1) is 0 Å². The number of rotatable bonds is 7. The molecule has 0 aromatic heterocycles. The molecule has 1 fully saturated rings. The minimum Gasteiger partial charge on any atom is -0.489 e. The standard InChI is InChI=1S/C22H27N3OS/c1-3-15-26-21-8-6-7-19(16-21)24-22(27)23-17(2)18-9-11-20(12-10-18)25-13-4-5-14-25/h3,6-12,16-17H,1,4-5,13-15H2,2H3,(H2,23,24,27)/t17-/m0/s1. The van der Waals surface area contributed by atoms with Crippen molar-refractivity contribution in [1.82, 2.24) is 5.32 Å². The predicted octanol–water partition coefficient (Wildman–Crippen LogP) is 4.90. The van der Waals surface area contributed by atoms with Crippen molar-refractivity contribution in [2.45, 2.75) is 25.8 Å². The van der Waals surface area contributed by atoms with Gasteiger partial charge in [-0.1, -0.05) is 30.9 Å². The average Bonchev–Trinajstić information content (AvgIpc) is 3.21. The highest BCUT2D eigenvalue weighted by molar-refractivity contribution is 7.80. The first-order chi connectivity index (χ1) is 13.2. The van der Waals surface area contributed by atoms with Crippen molar-refractivity contribution >= 4 is 28.7 Å². The quantitative estimate of drug-likeness (QED) is 0.527. The van der Waals surface area contributed by atoms with Crippen LogP contribution < -0.4 is 20.3 Å². The molecule has 0 unspecified atom stereocenters. The zero-order valence-corrected chi connectivity index (χ0v) is 16.6. The Morgan fingerprint density at radius 1 is 1.22 bits per heavy atom. The molecule has 4 nitrogen and oxygen atoms in total. The van der Waals surface area contributed by atoms with E-state index in [9.17, 15) is 0 Å². The van der Waals surface area contributed by atoms with Crippen LogP contribution in [-0.2, 0) is 0 Å². The number of thiocarbonyl (C=S) groups is 1. The van der Waals surface area contributed by atoms with Crippen molar-refractivity contribution in [3.8, 4) is 5.75 Å². The third kappa shape index (κ3) is 5.47. The maximum atomic E-state index is 5.56. The lowest BCUT2D eigenvalue weighted by atomic mass is 10.1. The first-order valence-electron chi connectivity index (χ1n) is 9.42. The van der Waals surface area contributed by atoms with Crippen LogP contribution in [0.3, 0.4) is 0 Å². The van der Waals surface area contributed by atoms with Crippen LogP contribution in [0.15, 0.2) is 61.2 Å². The van der Waals surface area contributed by atoms with Crippen LogP contribution in [-0.4, -0.2) is 24.8 Å². The van der Waals surface area contributed by atoms with Crippen LogP contribution in [0.5, 0.6) is 5.75 Å². The van der Waals surface area contributed by atoms with E-state index in [1.165, 1.54) is 24.1 Å². The third-order valence-corrected chi connectivity index (χ3v) is 4.89. The molecule has 2 aromatic carbocycles. The van der Waals surface area contributed by atoms with Crippen LogP contribution in [0.4, 0.5) is 11.4 Å². The van der Waals surface area contributed by atoms with Crippen LogP contribution in [0, 0.1) is 0 Å². The number of hydrogen-bond donors (Lipinski definition) is 2. The van der Waals surface area contributed by atoms with Gasteiger partial charge in [-0.2, -0.15) is 0 Å². The summed E-state index contributed by atoms with van der Waals surface area (Å²) in [5, 5.41) is 7.16. The van der Waals surface area contributed by atoms with Gasteiger partial charge in [-0.3, -0.25) is 0 Å². The molecule has 1 aliphatic heterocycles. The summed E-state index contributed by atoms with van der Waals surface area (Å²) in [5.41, 5.74) is 3.41. The topological polar surface area (TPSA) is 36.5 Å². The lowest BCUT2D eigenvalue weighted by Crippen LogP contribution is -2.30. The second-order valence-electron chi connectivity index (χ2n) is 6.73. The number of ether oxygens (including phenoxy) is 1. The van der Waals surface area contributed by atoms with E-state index in [0.717, 1.165) is 24.5 Å². The molecule has 1 aliphatic rings. The van der Waals surface area contributed by atoms with E-state index in [1.807, 2.05) is 24.3 Å². The molecule has 0 radical (unpaired) electrons. The first-order valence-corrected chi connectivity index (χ1v) is 9.83. The lowest BCUT2D eigenvalue weighted by molar-refractivity contribution is 0.363. The van der Waals surface area contributed by atoms with Crippen molar-refractivity contribution in [2.75, 3.05) is 29.9 Å². The smallest absolute Gasteiger partial charge is 0.171 e. The molecule has 3 rings (SSSR count). The second-order valence-corrected chi connectivity index (χ2v) is 7.14. The molecular formula is C22H27N3OS. The van der Waals surface area contributed by atoms with Gasteiger partial charge in [0.25, 0.3) is 0 Å². The fraction of sp³-hybridized carbons (Fsp3) is 0.318. The van der Waals surface area contributed by atoms with Gasteiger partial charge in [0, 0.05) is 30.5 Å². The number of anilines is 2. The normalized spacial score (nSPS) is 14.5. The fourth-order valence-electron chi connectivity index (χ4n) is 3.22. The van der Waals surface area contributed by atoms with Gasteiger partial charge >= 0.3 is 0 Å². The summed E-state index contributed by atoms with van der Waals surface area (Å²) < 4.78 is 5.56. The molecule has 1 atom stereocenters. The monoisotopic (exact) mass is 381 g/mol. The molecule has 2 N–H and O–H groups in total. The van der Waals surface area contributed by atoms with Crippen molar-refractivity contribution in [2.24, 2.45) is 0 Å². The Bertz CT molecular complexity index is 769. The molecule has 0 amide bonds. The minimum atomic E-state index is 0.123. The molecule has 0 aliphatic carbocycles. The van der Waals surface area contributed by atoms with E-state index in [4.69, 9.17) is 17.0 Å². The van der Waals surface area contributed by atoms with Gasteiger partial charge in [0.1, 0.15) is 12.4 Å². The molecule has 2 aromatic rings. The molecule has 27 heavy (non-hydrogen) atoms. The Hall–Kier alpha value is -2.53. The molecule has 0 bridgehead atoms. The summed E-state index contributed by atoms with van der Waals surface area (Å²) in [7, 11) is 0. The molecule has 0 saturated carbocycles. The largest absolute Gasteiger partial charge is 0.489 e. The molecule has 1 heterocycles. The van der Waals surface area contributed by atoms with Gasteiger partial charge in [-0.25, -0.2) is 0 Å². The summed E-state index contributed by atoms with van der Waals surface area (Å²) in [6, 6.07) is 16.6. The molecule has 1 saturated heterocycles. The fourth-order valence-corrected chi connectivity index (χ4v) is 3.51.